The van der Waals surface area contributed by atoms with Gasteiger partial charge in [0.2, 0.25) is 11.8 Å². The van der Waals surface area contributed by atoms with Crippen LogP contribution in [0.1, 0.15) is 19.4 Å². The summed E-state index contributed by atoms with van der Waals surface area (Å²) in [6.07, 6.45) is 0.910. The second-order valence-electron chi connectivity index (χ2n) is 7.00. The van der Waals surface area contributed by atoms with Crippen LogP contribution in [0, 0.1) is 0 Å². The molecule has 0 saturated heterocycles. The largest absolute Gasteiger partial charge is 0.324 e. The van der Waals surface area contributed by atoms with Crippen LogP contribution >= 0.6 is 0 Å². The van der Waals surface area contributed by atoms with E-state index in [1.807, 2.05) is 29.0 Å². The van der Waals surface area contributed by atoms with Crippen molar-refractivity contribution >= 4 is 27.5 Å². The van der Waals surface area contributed by atoms with Crippen LogP contribution in [0.5, 0.6) is 0 Å². The second kappa shape index (κ2) is 9.56. The summed E-state index contributed by atoms with van der Waals surface area (Å²) in [6, 6.07) is 16.0. The molecule has 2 amide bonds. The SMILES string of the molecule is CCc1ccc(-c2ccc(=O)n(CC(=O)Nc3ccc(S(=O)(=O)NC(C)=O)cc3)n2)cc1. The maximum absolute atomic E-state index is 12.4. The molecule has 32 heavy (non-hydrogen) atoms. The molecule has 10 heteroatoms. The Morgan fingerprint density at radius 3 is 2.22 bits per heavy atom. The van der Waals surface area contributed by atoms with E-state index in [0.717, 1.165) is 23.6 Å². The molecular weight excluding hydrogens is 432 g/mol. The molecule has 0 atom stereocenters. The Bertz CT molecular complexity index is 1300. The molecule has 3 rings (SSSR count). The lowest BCUT2D eigenvalue weighted by atomic mass is 10.1. The lowest BCUT2D eigenvalue weighted by molar-refractivity contribution is -0.118. The zero-order valence-electron chi connectivity index (χ0n) is 17.5. The summed E-state index contributed by atoms with van der Waals surface area (Å²) in [4.78, 5) is 35.4. The maximum atomic E-state index is 12.4. The number of hydrogen-bond donors (Lipinski definition) is 2. The Balaban J connectivity index is 1.72. The molecule has 0 fully saturated rings. The molecule has 0 aliphatic rings. The third-order valence-electron chi connectivity index (χ3n) is 4.54. The van der Waals surface area contributed by atoms with Crippen LogP contribution in [0.25, 0.3) is 11.3 Å². The zero-order valence-corrected chi connectivity index (χ0v) is 18.3. The van der Waals surface area contributed by atoms with Gasteiger partial charge >= 0.3 is 0 Å². The van der Waals surface area contributed by atoms with Gasteiger partial charge in [0.15, 0.2) is 0 Å². The van der Waals surface area contributed by atoms with Crippen molar-refractivity contribution in [1.29, 1.82) is 0 Å². The number of carbonyl (C=O) groups excluding carboxylic acids is 2. The van der Waals surface area contributed by atoms with Gasteiger partial charge < -0.3 is 5.32 Å². The maximum Gasteiger partial charge on any atom is 0.267 e. The van der Waals surface area contributed by atoms with Gasteiger partial charge in [-0.3, -0.25) is 14.4 Å². The minimum atomic E-state index is -3.96. The first-order valence-electron chi connectivity index (χ1n) is 9.79. The molecule has 2 aromatic carbocycles. The van der Waals surface area contributed by atoms with E-state index in [4.69, 9.17) is 0 Å². The van der Waals surface area contributed by atoms with Crippen LogP contribution in [-0.4, -0.2) is 30.0 Å². The minimum Gasteiger partial charge on any atom is -0.324 e. The van der Waals surface area contributed by atoms with Crippen LogP contribution in [0.4, 0.5) is 5.69 Å². The molecular formula is C22H22N4O5S. The van der Waals surface area contributed by atoms with Crippen molar-refractivity contribution < 1.29 is 18.0 Å². The average Bonchev–Trinajstić information content (AvgIpc) is 2.75. The third kappa shape index (κ3) is 5.67. The fourth-order valence-corrected chi connectivity index (χ4v) is 3.92. The number of aryl methyl sites for hydroxylation is 1. The first-order chi connectivity index (χ1) is 15.2. The van der Waals surface area contributed by atoms with Crippen LogP contribution in [0.2, 0.25) is 0 Å². The van der Waals surface area contributed by atoms with Crippen LogP contribution in [0.15, 0.2) is 70.4 Å². The predicted molar refractivity (Wildman–Crippen MR) is 119 cm³/mol. The van der Waals surface area contributed by atoms with Gasteiger partial charge in [0.05, 0.1) is 10.6 Å². The third-order valence-corrected chi connectivity index (χ3v) is 5.99. The van der Waals surface area contributed by atoms with E-state index in [9.17, 15) is 22.8 Å². The lowest BCUT2D eigenvalue weighted by Gasteiger charge is -2.09. The number of aromatic nitrogens is 2. The average molecular weight is 455 g/mol. The highest BCUT2D eigenvalue weighted by molar-refractivity contribution is 7.90. The summed E-state index contributed by atoms with van der Waals surface area (Å²) >= 11 is 0. The van der Waals surface area contributed by atoms with Crippen molar-refractivity contribution in [3.8, 4) is 11.3 Å². The Morgan fingerprint density at radius 1 is 0.969 bits per heavy atom. The van der Waals surface area contributed by atoms with Crippen molar-refractivity contribution in [2.75, 3.05) is 5.32 Å². The number of rotatable bonds is 7. The van der Waals surface area contributed by atoms with Crippen LogP contribution < -0.4 is 15.6 Å². The monoisotopic (exact) mass is 454 g/mol. The van der Waals surface area contributed by atoms with Gasteiger partial charge in [-0.05, 0) is 42.3 Å². The molecule has 0 aliphatic carbocycles. The molecule has 0 radical (unpaired) electrons. The number of amides is 2. The second-order valence-corrected chi connectivity index (χ2v) is 8.68. The van der Waals surface area contributed by atoms with Crippen molar-refractivity contribution in [3.05, 3.63) is 76.6 Å². The van der Waals surface area contributed by atoms with E-state index in [0.29, 0.717) is 11.4 Å². The van der Waals surface area contributed by atoms with Crippen molar-refractivity contribution in [3.63, 3.8) is 0 Å². The summed E-state index contributed by atoms with van der Waals surface area (Å²) in [5.41, 5.74) is 2.47. The number of nitrogens with zero attached hydrogens (tertiary/aromatic N) is 2. The lowest BCUT2D eigenvalue weighted by Crippen LogP contribution is -2.29. The van der Waals surface area contributed by atoms with Gasteiger partial charge in [-0.15, -0.1) is 0 Å². The van der Waals surface area contributed by atoms with Crippen LogP contribution in [0.3, 0.4) is 0 Å². The van der Waals surface area contributed by atoms with Crippen molar-refractivity contribution in [1.82, 2.24) is 14.5 Å². The first kappa shape index (κ1) is 22.9. The molecule has 0 bridgehead atoms. The molecule has 1 heterocycles. The normalized spacial score (nSPS) is 11.1. The minimum absolute atomic E-state index is 0.120. The molecule has 166 valence electrons. The van der Waals surface area contributed by atoms with E-state index in [2.05, 4.69) is 17.3 Å². The number of carbonyl (C=O) groups is 2. The summed E-state index contributed by atoms with van der Waals surface area (Å²) in [7, 11) is -3.96. The van der Waals surface area contributed by atoms with E-state index in [1.165, 1.54) is 35.9 Å². The molecule has 0 spiro atoms. The van der Waals surface area contributed by atoms with Crippen LogP contribution in [-0.2, 0) is 32.6 Å². The Morgan fingerprint density at radius 2 is 1.62 bits per heavy atom. The fourth-order valence-electron chi connectivity index (χ4n) is 2.93. The topological polar surface area (TPSA) is 127 Å². The predicted octanol–water partition coefficient (Wildman–Crippen LogP) is 1.94. The quantitative estimate of drug-likeness (QED) is 0.562. The van der Waals surface area contributed by atoms with Gasteiger partial charge in [0.1, 0.15) is 6.54 Å². The molecule has 0 aliphatic heterocycles. The summed E-state index contributed by atoms with van der Waals surface area (Å²) < 4.78 is 26.9. The zero-order chi connectivity index (χ0) is 23.3. The molecule has 2 N–H and O–H groups in total. The number of hydrogen-bond acceptors (Lipinski definition) is 6. The Hall–Kier alpha value is -3.79. The van der Waals surface area contributed by atoms with Gasteiger partial charge in [-0.2, -0.15) is 5.10 Å². The molecule has 0 unspecified atom stereocenters. The van der Waals surface area contributed by atoms with E-state index in [1.54, 1.807) is 6.07 Å². The van der Waals surface area contributed by atoms with E-state index < -0.39 is 27.4 Å². The first-order valence-corrected chi connectivity index (χ1v) is 11.3. The number of benzene rings is 2. The summed E-state index contributed by atoms with van der Waals surface area (Å²) in [5.74, 6) is -1.21. The van der Waals surface area contributed by atoms with Crippen molar-refractivity contribution in [2.45, 2.75) is 31.7 Å². The van der Waals surface area contributed by atoms with Gasteiger partial charge in [0, 0.05) is 24.2 Å². The van der Waals surface area contributed by atoms with Gasteiger partial charge in [0.25, 0.3) is 15.6 Å². The van der Waals surface area contributed by atoms with E-state index >= 15 is 0 Å². The fraction of sp³-hybridized carbons (Fsp3) is 0.182. The number of anilines is 1. The van der Waals surface area contributed by atoms with Gasteiger partial charge in [-0.25, -0.2) is 17.8 Å². The Kier molecular flexibility index (Phi) is 6.84. The van der Waals surface area contributed by atoms with Gasteiger partial charge in [-0.1, -0.05) is 31.2 Å². The standard InChI is InChI=1S/C22H22N4O5S/c1-3-16-4-6-17(7-5-16)20-12-13-22(29)26(24-20)14-21(28)23-18-8-10-19(11-9-18)32(30,31)25-15(2)27/h4-13H,3,14H2,1-2H3,(H,23,28)(H,25,27). The smallest absolute Gasteiger partial charge is 0.267 e. The molecule has 9 nitrogen and oxygen atoms in total. The number of sulfonamides is 1. The summed E-state index contributed by atoms with van der Waals surface area (Å²) in [5, 5.41) is 6.87. The van der Waals surface area contributed by atoms with E-state index in [-0.39, 0.29) is 11.4 Å². The highest BCUT2D eigenvalue weighted by Crippen LogP contribution is 2.17. The molecule has 1 aromatic heterocycles. The summed E-state index contributed by atoms with van der Waals surface area (Å²) in [6.45, 7) is 2.84. The molecule has 0 saturated carbocycles. The number of nitrogens with one attached hydrogen (secondary N) is 2. The highest BCUT2D eigenvalue weighted by Gasteiger charge is 2.15. The van der Waals surface area contributed by atoms with Crippen molar-refractivity contribution in [2.24, 2.45) is 0 Å². The molecule has 3 aromatic rings. The highest BCUT2D eigenvalue weighted by atomic mass is 32.2. The Labute approximate surface area is 185 Å².